The van der Waals surface area contributed by atoms with Crippen LogP contribution in [-0.2, 0) is 15.4 Å². The molecular formula is C29H31ClN2O4S. The normalized spacial score (nSPS) is 14.8. The minimum Gasteiger partial charge on any atom is -0.322 e. The Morgan fingerprint density at radius 3 is 2.14 bits per heavy atom. The summed E-state index contributed by atoms with van der Waals surface area (Å²) in [6.07, 6.45) is 2.59. The third-order valence-corrected chi connectivity index (χ3v) is 8.90. The van der Waals surface area contributed by atoms with Crippen molar-refractivity contribution in [2.75, 3.05) is 18.4 Å². The Morgan fingerprint density at radius 2 is 1.49 bits per heavy atom. The first kappa shape index (κ1) is 27.0. The van der Waals surface area contributed by atoms with Gasteiger partial charge < -0.3 is 5.32 Å². The van der Waals surface area contributed by atoms with Crippen LogP contribution in [0.4, 0.5) is 5.69 Å². The lowest BCUT2D eigenvalue weighted by atomic mass is 9.86. The van der Waals surface area contributed by atoms with Gasteiger partial charge in [-0.15, -0.1) is 0 Å². The summed E-state index contributed by atoms with van der Waals surface area (Å²) in [6, 6.07) is 18.4. The molecule has 0 unspecified atom stereocenters. The summed E-state index contributed by atoms with van der Waals surface area (Å²) in [6.45, 7) is 7.22. The van der Waals surface area contributed by atoms with Gasteiger partial charge in [-0.3, -0.25) is 9.59 Å². The number of nitrogens with one attached hydrogen (secondary N) is 1. The summed E-state index contributed by atoms with van der Waals surface area (Å²) in [7, 11) is -3.81. The Hall–Kier alpha value is -3.00. The van der Waals surface area contributed by atoms with E-state index in [0.717, 1.165) is 24.8 Å². The highest BCUT2D eigenvalue weighted by atomic mass is 35.5. The molecule has 1 amide bonds. The van der Waals surface area contributed by atoms with Crippen LogP contribution in [0.3, 0.4) is 0 Å². The Kier molecular flexibility index (Phi) is 7.88. The predicted octanol–water partition coefficient (Wildman–Crippen LogP) is 6.30. The standard InChI is InChI=1S/C29H31ClN2O4S/c1-29(2,3)23-13-10-20(11-14-23)27(33)21-8-7-9-24(18-21)31-28(34)22-12-15-25(30)26(19-22)37(35,36)32-16-5-4-6-17-32/h7-15,18-19H,4-6,16-17H2,1-3H3,(H,31,34). The zero-order valence-corrected chi connectivity index (χ0v) is 22.8. The lowest BCUT2D eigenvalue weighted by Gasteiger charge is -2.26. The zero-order valence-electron chi connectivity index (χ0n) is 21.3. The smallest absolute Gasteiger partial charge is 0.255 e. The van der Waals surface area contributed by atoms with Crippen molar-refractivity contribution in [1.29, 1.82) is 0 Å². The molecule has 1 aliphatic rings. The Bertz CT molecular complexity index is 1420. The van der Waals surface area contributed by atoms with Gasteiger partial charge in [0, 0.05) is 35.5 Å². The van der Waals surface area contributed by atoms with E-state index >= 15 is 0 Å². The number of amides is 1. The van der Waals surface area contributed by atoms with Crippen molar-refractivity contribution in [2.24, 2.45) is 0 Å². The molecule has 1 N–H and O–H groups in total. The maximum atomic E-state index is 13.1. The van der Waals surface area contributed by atoms with Gasteiger partial charge in [0.25, 0.3) is 5.91 Å². The van der Waals surface area contributed by atoms with E-state index in [4.69, 9.17) is 11.6 Å². The molecule has 194 valence electrons. The number of ketones is 1. The summed E-state index contributed by atoms with van der Waals surface area (Å²) >= 11 is 6.24. The lowest BCUT2D eigenvalue weighted by molar-refractivity contribution is 0.102. The van der Waals surface area contributed by atoms with E-state index in [0.29, 0.717) is 29.9 Å². The van der Waals surface area contributed by atoms with Crippen LogP contribution in [0, 0.1) is 0 Å². The fourth-order valence-electron chi connectivity index (χ4n) is 4.32. The zero-order chi connectivity index (χ0) is 26.8. The van der Waals surface area contributed by atoms with Crippen molar-refractivity contribution in [2.45, 2.75) is 50.3 Å². The number of piperidine rings is 1. The first-order valence-corrected chi connectivity index (χ1v) is 14.1. The third kappa shape index (κ3) is 6.12. The molecule has 0 radical (unpaired) electrons. The van der Waals surface area contributed by atoms with Gasteiger partial charge in [-0.2, -0.15) is 4.31 Å². The maximum Gasteiger partial charge on any atom is 0.255 e. The fourth-order valence-corrected chi connectivity index (χ4v) is 6.33. The van der Waals surface area contributed by atoms with E-state index in [1.54, 1.807) is 24.3 Å². The number of hydrogen-bond acceptors (Lipinski definition) is 4. The van der Waals surface area contributed by atoms with Gasteiger partial charge in [-0.1, -0.05) is 75.2 Å². The second kappa shape index (κ2) is 10.8. The van der Waals surface area contributed by atoms with Gasteiger partial charge in [0.1, 0.15) is 4.90 Å². The Labute approximate surface area is 223 Å². The highest BCUT2D eigenvalue weighted by Crippen LogP contribution is 2.28. The Morgan fingerprint density at radius 1 is 0.838 bits per heavy atom. The van der Waals surface area contributed by atoms with Gasteiger partial charge in [0.2, 0.25) is 10.0 Å². The minimum atomic E-state index is -3.81. The molecule has 1 aliphatic heterocycles. The van der Waals surface area contributed by atoms with Crippen LogP contribution in [0.1, 0.15) is 71.9 Å². The molecule has 4 rings (SSSR count). The van der Waals surface area contributed by atoms with Gasteiger partial charge in [-0.25, -0.2) is 8.42 Å². The summed E-state index contributed by atoms with van der Waals surface area (Å²) < 4.78 is 27.7. The van der Waals surface area contributed by atoms with E-state index in [-0.39, 0.29) is 26.7 Å². The van der Waals surface area contributed by atoms with Crippen molar-refractivity contribution in [3.8, 4) is 0 Å². The van der Waals surface area contributed by atoms with Crippen molar-refractivity contribution in [3.05, 3.63) is 94.0 Å². The summed E-state index contributed by atoms with van der Waals surface area (Å²) in [5.74, 6) is -0.649. The average Bonchev–Trinajstić information content (AvgIpc) is 2.88. The van der Waals surface area contributed by atoms with Gasteiger partial charge >= 0.3 is 0 Å². The molecule has 0 aromatic heterocycles. The van der Waals surface area contributed by atoms with Crippen molar-refractivity contribution >= 4 is 39.0 Å². The van der Waals surface area contributed by atoms with Crippen LogP contribution >= 0.6 is 11.6 Å². The van der Waals surface area contributed by atoms with Crippen LogP contribution in [0.2, 0.25) is 5.02 Å². The number of sulfonamides is 1. The lowest BCUT2D eigenvalue weighted by Crippen LogP contribution is -2.35. The molecule has 0 atom stereocenters. The number of carbonyl (C=O) groups excluding carboxylic acids is 2. The van der Waals surface area contributed by atoms with Crippen molar-refractivity contribution < 1.29 is 18.0 Å². The number of anilines is 1. The van der Waals surface area contributed by atoms with Gasteiger partial charge in [0.05, 0.1) is 5.02 Å². The molecule has 0 bridgehead atoms. The molecular weight excluding hydrogens is 508 g/mol. The number of halogens is 1. The topological polar surface area (TPSA) is 83.5 Å². The molecule has 6 nitrogen and oxygen atoms in total. The molecule has 1 fully saturated rings. The second-order valence-corrected chi connectivity index (χ2v) is 12.6. The SMILES string of the molecule is CC(C)(C)c1ccc(C(=O)c2cccc(NC(=O)c3ccc(Cl)c(S(=O)(=O)N4CCCCC4)c3)c2)cc1. The monoisotopic (exact) mass is 538 g/mol. The first-order chi connectivity index (χ1) is 17.5. The largest absolute Gasteiger partial charge is 0.322 e. The Balaban J connectivity index is 1.53. The number of benzene rings is 3. The third-order valence-electron chi connectivity index (χ3n) is 6.52. The number of hydrogen-bond donors (Lipinski definition) is 1. The van der Waals surface area contributed by atoms with Gasteiger partial charge in [0.15, 0.2) is 5.78 Å². The molecule has 1 saturated heterocycles. The number of rotatable bonds is 6. The van der Waals surface area contributed by atoms with Crippen LogP contribution in [0.15, 0.2) is 71.6 Å². The fraction of sp³-hybridized carbons (Fsp3) is 0.310. The maximum absolute atomic E-state index is 13.1. The average molecular weight is 539 g/mol. The van der Waals surface area contributed by atoms with Crippen LogP contribution in [-0.4, -0.2) is 37.5 Å². The quantitative estimate of drug-likeness (QED) is 0.373. The predicted molar refractivity (Wildman–Crippen MR) is 147 cm³/mol. The molecule has 0 spiro atoms. The van der Waals surface area contributed by atoms with Crippen LogP contribution in [0.5, 0.6) is 0 Å². The molecule has 37 heavy (non-hydrogen) atoms. The number of nitrogens with zero attached hydrogens (tertiary/aromatic N) is 1. The number of carbonyl (C=O) groups is 2. The highest BCUT2D eigenvalue weighted by molar-refractivity contribution is 7.89. The minimum absolute atomic E-state index is 0.0135. The molecule has 8 heteroatoms. The molecule has 1 heterocycles. The molecule has 3 aromatic carbocycles. The summed E-state index contributed by atoms with van der Waals surface area (Å²) in [5, 5.41) is 2.85. The first-order valence-electron chi connectivity index (χ1n) is 12.3. The second-order valence-electron chi connectivity index (χ2n) is 10.3. The van der Waals surface area contributed by atoms with E-state index in [9.17, 15) is 18.0 Å². The van der Waals surface area contributed by atoms with Crippen LogP contribution in [0.25, 0.3) is 0 Å². The van der Waals surface area contributed by atoms with Gasteiger partial charge in [-0.05, 0) is 54.2 Å². The van der Waals surface area contributed by atoms with E-state index in [1.165, 1.54) is 22.5 Å². The van der Waals surface area contributed by atoms with E-state index in [1.807, 2.05) is 24.3 Å². The summed E-state index contributed by atoms with van der Waals surface area (Å²) in [5.41, 5.74) is 2.70. The highest BCUT2D eigenvalue weighted by Gasteiger charge is 2.29. The van der Waals surface area contributed by atoms with Crippen LogP contribution < -0.4 is 5.32 Å². The van der Waals surface area contributed by atoms with Crippen molar-refractivity contribution in [3.63, 3.8) is 0 Å². The van der Waals surface area contributed by atoms with E-state index < -0.39 is 15.9 Å². The van der Waals surface area contributed by atoms with Crippen molar-refractivity contribution in [1.82, 2.24) is 4.31 Å². The van der Waals surface area contributed by atoms with E-state index in [2.05, 4.69) is 26.1 Å². The summed E-state index contributed by atoms with van der Waals surface area (Å²) in [4.78, 5) is 26.0. The molecule has 0 aliphatic carbocycles. The molecule has 0 saturated carbocycles. The molecule has 3 aromatic rings.